The summed E-state index contributed by atoms with van der Waals surface area (Å²) in [5.74, 6) is 0.713. The average molecular weight is 274 g/mol. The average Bonchev–Trinajstić information content (AvgIpc) is 3.02. The van der Waals surface area contributed by atoms with Crippen molar-refractivity contribution in [3.8, 4) is 0 Å². The Morgan fingerprint density at radius 2 is 2.00 bits per heavy atom. The van der Waals surface area contributed by atoms with Gasteiger partial charge >= 0.3 is 0 Å². The maximum Gasteiger partial charge on any atom is 0.0507 e. The van der Waals surface area contributed by atoms with Gasteiger partial charge in [0.1, 0.15) is 0 Å². The summed E-state index contributed by atoms with van der Waals surface area (Å²) < 4.78 is 5.46. The molecule has 3 nitrogen and oxygen atoms in total. The first-order valence-corrected chi connectivity index (χ1v) is 7.94. The van der Waals surface area contributed by atoms with Crippen molar-refractivity contribution in [3.05, 3.63) is 35.9 Å². The van der Waals surface area contributed by atoms with Gasteiger partial charge in [-0.3, -0.25) is 0 Å². The SMILES string of the molecule is c1ccc(C2(CNCC3CCOC3)CCNCC2)cc1. The van der Waals surface area contributed by atoms with Crippen molar-refractivity contribution in [1.29, 1.82) is 0 Å². The molecule has 2 heterocycles. The molecule has 0 bridgehead atoms. The van der Waals surface area contributed by atoms with E-state index in [0.29, 0.717) is 11.3 Å². The third-order valence-corrected chi connectivity index (χ3v) is 4.87. The van der Waals surface area contributed by atoms with Gasteiger partial charge < -0.3 is 15.4 Å². The lowest BCUT2D eigenvalue weighted by atomic mass is 9.73. The highest BCUT2D eigenvalue weighted by atomic mass is 16.5. The van der Waals surface area contributed by atoms with Crippen LogP contribution in [0, 0.1) is 5.92 Å². The molecular weight excluding hydrogens is 248 g/mol. The number of hydrogen-bond donors (Lipinski definition) is 2. The maximum atomic E-state index is 5.46. The van der Waals surface area contributed by atoms with E-state index in [4.69, 9.17) is 4.74 Å². The first-order chi connectivity index (χ1) is 9.89. The minimum Gasteiger partial charge on any atom is -0.381 e. The van der Waals surface area contributed by atoms with Gasteiger partial charge in [-0.15, -0.1) is 0 Å². The van der Waals surface area contributed by atoms with E-state index in [0.717, 1.165) is 39.4 Å². The lowest BCUT2D eigenvalue weighted by Crippen LogP contribution is -2.47. The van der Waals surface area contributed by atoms with Crippen molar-refractivity contribution in [2.24, 2.45) is 5.92 Å². The predicted molar refractivity (Wildman–Crippen MR) is 82.0 cm³/mol. The second-order valence-corrected chi connectivity index (χ2v) is 6.26. The molecule has 0 spiro atoms. The molecule has 3 rings (SSSR count). The molecule has 2 fully saturated rings. The number of piperidine rings is 1. The minimum absolute atomic E-state index is 0.311. The number of nitrogens with one attached hydrogen (secondary N) is 2. The molecule has 2 saturated heterocycles. The molecule has 2 aliphatic rings. The standard InChI is InChI=1S/C17H26N2O/c1-2-4-16(5-3-1)17(7-9-18-10-8-17)14-19-12-15-6-11-20-13-15/h1-5,15,18-19H,6-14H2. The molecule has 0 aliphatic carbocycles. The van der Waals surface area contributed by atoms with Crippen LogP contribution in [0.4, 0.5) is 0 Å². The second kappa shape index (κ2) is 6.70. The monoisotopic (exact) mass is 274 g/mol. The van der Waals surface area contributed by atoms with Crippen LogP contribution in [0.5, 0.6) is 0 Å². The Morgan fingerprint density at radius 3 is 2.70 bits per heavy atom. The van der Waals surface area contributed by atoms with Gasteiger partial charge in [-0.25, -0.2) is 0 Å². The van der Waals surface area contributed by atoms with Crippen LogP contribution >= 0.6 is 0 Å². The van der Waals surface area contributed by atoms with E-state index in [-0.39, 0.29) is 0 Å². The Kier molecular flexibility index (Phi) is 4.71. The normalized spacial score (nSPS) is 25.7. The largest absolute Gasteiger partial charge is 0.381 e. The summed E-state index contributed by atoms with van der Waals surface area (Å²) in [5.41, 5.74) is 1.81. The van der Waals surface area contributed by atoms with Crippen molar-refractivity contribution < 1.29 is 4.74 Å². The third kappa shape index (κ3) is 3.22. The lowest BCUT2D eigenvalue weighted by molar-refractivity contribution is 0.184. The molecule has 0 saturated carbocycles. The summed E-state index contributed by atoms with van der Waals surface area (Å²) in [4.78, 5) is 0. The molecule has 1 unspecified atom stereocenters. The van der Waals surface area contributed by atoms with E-state index in [1.807, 2.05) is 0 Å². The molecule has 0 amide bonds. The molecule has 1 aromatic rings. The van der Waals surface area contributed by atoms with Crippen molar-refractivity contribution in [2.75, 3.05) is 39.4 Å². The maximum absolute atomic E-state index is 5.46. The number of hydrogen-bond acceptors (Lipinski definition) is 3. The zero-order chi connectivity index (χ0) is 13.7. The van der Waals surface area contributed by atoms with Gasteiger partial charge in [0, 0.05) is 25.1 Å². The van der Waals surface area contributed by atoms with E-state index >= 15 is 0 Å². The van der Waals surface area contributed by atoms with Crippen LogP contribution < -0.4 is 10.6 Å². The van der Waals surface area contributed by atoms with Gasteiger partial charge in [0.25, 0.3) is 0 Å². The van der Waals surface area contributed by atoms with Crippen LogP contribution in [0.2, 0.25) is 0 Å². The lowest BCUT2D eigenvalue weighted by Gasteiger charge is -2.39. The second-order valence-electron chi connectivity index (χ2n) is 6.26. The molecule has 20 heavy (non-hydrogen) atoms. The van der Waals surface area contributed by atoms with Gasteiger partial charge in [0.15, 0.2) is 0 Å². The number of benzene rings is 1. The molecule has 3 heteroatoms. The third-order valence-electron chi connectivity index (χ3n) is 4.87. The smallest absolute Gasteiger partial charge is 0.0507 e. The fourth-order valence-corrected chi connectivity index (χ4v) is 3.52. The summed E-state index contributed by atoms with van der Waals surface area (Å²) in [7, 11) is 0. The summed E-state index contributed by atoms with van der Waals surface area (Å²) in [6.45, 7) is 6.33. The molecular formula is C17H26N2O. The summed E-state index contributed by atoms with van der Waals surface area (Å²) >= 11 is 0. The quantitative estimate of drug-likeness (QED) is 0.861. The zero-order valence-electron chi connectivity index (χ0n) is 12.2. The molecule has 2 N–H and O–H groups in total. The zero-order valence-corrected chi connectivity index (χ0v) is 12.2. The Morgan fingerprint density at radius 1 is 1.20 bits per heavy atom. The van der Waals surface area contributed by atoms with Gasteiger partial charge in [-0.05, 0) is 43.8 Å². The van der Waals surface area contributed by atoms with E-state index in [1.54, 1.807) is 0 Å². The highest BCUT2D eigenvalue weighted by Crippen LogP contribution is 2.32. The van der Waals surface area contributed by atoms with Gasteiger partial charge in [0.2, 0.25) is 0 Å². The van der Waals surface area contributed by atoms with Crippen LogP contribution in [0.15, 0.2) is 30.3 Å². The van der Waals surface area contributed by atoms with Crippen LogP contribution in [-0.2, 0) is 10.2 Å². The van der Waals surface area contributed by atoms with Gasteiger partial charge in [0.05, 0.1) is 6.61 Å². The Bertz CT molecular complexity index is 395. The van der Waals surface area contributed by atoms with Crippen molar-refractivity contribution in [1.82, 2.24) is 10.6 Å². The van der Waals surface area contributed by atoms with E-state index in [2.05, 4.69) is 41.0 Å². The Labute approximate surface area is 122 Å². The minimum atomic E-state index is 0.311. The molecule has 0 radical (unpaired) electrons. The van der Waals surface area contributed by atoms with Gasteiger partial charge in [-0.1, -0.05) is 30.3 Å². The fraction of sp³-hybridized carbons (Fsp3) is 0.647. The van der Waals surface area contributed by atoms with Crippen molar-refractivity contribution >= 4 is 0 Å². The summed E-state index contributed by atoms with van der Waals surface area (Å²) in [5, 5.41) is 7.22. The topological polar surface area (TPSA) is 33.3 Å². The highest BCUT2D eigenvalue weighted by Gasteiger charge is 2.33. The van der Waals surface area contributed by atoms with Crippen LogP contribution in [0.25, 0.3) is 0 Å². The number of rotatable bonds is 5. The van der Waals surface area contributed by atoms with Crippen molar-refractivity contribution in [2.45, 2.75) is 24.7 Å². The first kappa shape index (κ1) is 14.1. The first-order valence-electron chi connectivity index (χ1n) is 7.94. The highest BCUT2D eigenvalue weighted by molar-refractivity contribution is 5.27. The summed E-state index contributed by atoms with van der Waals surface area (Å²) in [6.07, 6.45) is 3.67. The Balaban J connectivity index is 1.63. The number of ether oxygens (including phenoxy) is 1. The molecule has 1 aromatic carbocycles. The molecule has 0 aromatic heterocycles. The molecule has 110 valence electrons. The predicted octanol–water partition coefficient (Wildman–Crippen LogP) is 1.93. The van der Waals surface area contributed by atoms with E-state index < -0.39 is 0 Å². The van der Waals surface area contributed by atoms with Gasteiger partial charge in [-0.2, -0.15) is 0 Å². The fourth-order valence-electron chi connectivity index (χ4n) is 3.52. The summed E-state index contributed by atoms with van der Waals surface area (Å²) in [6, 6.07) is 11.0. The van der Waals surface area contributed by atoms with Crippen LogP contribution in [0.3, 0.4) is 0 Å². The van der Waals surface area contributed by atoms with Crippen molar-refractivity contribution in [3.63, 3.8) is 0 Å². The van der Waals surface area contributed by atoms with E-state index in [1.165, 1.54) is 24.8 Å². The Hall–Kier alpha value is -0.900. The molecule has 1 atom stereocenters. The molecule has 2 aliphatic heterocycles. The van der Waals surface area contributed by atoms with Crippen LogP contribution in [-0.4, -0.2) is 39.4 Å². The van der Waals surface area contributed by atoms with E-state index in [9.17, 15) is 0 Å². The van der Waals surface area contributed by atoms with Crippen LogP contribution in [0.1, 0.15) is 24.8 Å².